The highest BCUT2D eigenvalue weighted by molar-refractivity contribution is 6.00. The van der Waals surface area contributed by atoms with Crippen molar-refractivity contribution in [3.05, 3.63) is 39.4 Å². The Bertz CT molecular complexity index is 570. The Kier molecular flexibility index (Phi) is 5.40. The summed E-state index contributed by atoms with van der Waals surface area (Å²) < 4.78 is 0. The minimum absolute atomic E-state index is 0.0819. The van der Waals surface area contributed by atoms with Gasteiger partial charge in [-0.3, -0.25) is 19.7 Å². The van der Waals surface area contributed by atoms with Crippen LogP contribution < -0.4 is 0 Å². The lowest BCUT2D eigenvalue weighted by Gasteiger charge is -2.27. The first-order chi connectivity index (χ1) is 9.79. The number of para-hydroxylation sites is 1. The van der Waals surface area contributed by atoms with Gasteiger partial charge in [-0.15, -0.1) is 0 Å². The van der Waals surface area contributed by atoms with Gasteiger partial charge in [-0.1, -0.05) is 19.1 Å². The van der Waals surface area contributed by atoms with Gasteiger partial charge in [-0.05, 0) is 26.3 Å². The Labute approximate surface area is 122 Å². The molecular formula is C14H18N2O5. The van der Waals surface area contributed by atoms with E-state index in [1.54, 1.807) is 26.0 Å². The summed E-state index contributed by atoms with van der Waals surface area (Å²) in [6.07, 6.45) is 0.554. The van der Waals surface area contributed by atoms with Gasteiger partial charge >= 0.3 is 5.97 Å². The van der Waals surface area contributed by atoms with E-state index in [9.17, 15) is 19.7 Å². The van der Waals surface area contributed by atoms with Crippen LogP contribution in [0.3, 0.4) is 0 Å². The molecule has 0 fully saturated rings. The van der Waals surface area contributed by atoms with E-state index >= 15 is 0 Å². The summed E-state index contributed by atoms with van der Waals surface area (Å²) in [5, 5.41) is 20.1. The van der Waals surface area contributed by atoms with E-state index < -0.39 is 23.3 Å². The van der Waals surface area contributed by atoms with Gasteiger partial charge < -0.3 is 10.0 Å². The van der Waals surface area contributed by atoms with Crippen molar-refractivity contribution in [3.63, 3.8) is 0 Å². The molecule has 7 heteroatoms. The van der Waals surface area contributed by atoms with Gasteiger partial charge in [0, 0.05) is 11.6 Å². The van der Waals surface area contributed by atoms with Crippen LogP contribution in [0.2, 0.25) is 0 Å². The summed E-state index contributed by atoms with van der Waals surface area (Å²) in [6.45, 7) is 4.58. The van der Waals surface area contributed by atoms with Gasteiger partial charge in [-0.2, -0.15) is 0 Å². The summed E-state index contributed by atoms with van der Waals surface area (Å²) in [5.41, 5.74) is 0.00742. The molecule has 1 aromatic carbocycles. The number of benzene rings is 1. The van der Waals surface area contributed by atoms with Crippen molar-refractivity contribution in [3.8, 4) is 0 Å². The van der Waals surface area contributed by atoms with E-state index in [0.717, 1.165) is 4.90 Å². The highest BCUT2D eigenvalue weighted by Crippen LogP contribution is 2.25. The molecule has 7 nitrogen and oxygen atoms in total. The van der Waals surface area contributed by atoms with Crippen LogP contribution in [0.4, 0.5) is 5.69 Å². The molecule has 0 bridgehead atoms. The molecule has 1 N–H and O–H groups in total. The van der Waals surface area contributed by atoms with Crippen LogP contribution in [0.25, 0.3) is 0 Å². The first kappa shape index (κ1) is 16.6. The lowest BCUT2D eigenvalue weighted by Crippen LogP contribution is -2.42. The van der Waals surface area contributed by atoms with E-state index in [2.05, 4.69) is 0 Å². The average molecular weight is 294 g/mol. The van der Waals surface area contributed by atoms with Crippen molar-refractivity contribution in [2.75, 3.05) is 6.54 Å². The number of aliphatic carboxylic acids is 1. The number of nitro groups is 1. The number of hydrogen-bond acceptors (Lipinski definition) is 4. The third-order valence-corrected chi connectivity index (χ3v) is 3.34. The van der Waals surface area contributed by atoms with Crippen molar-refractivity contribution < 1.29 is 19.6 Å². The van der Waals surface area contributed by atoms with Crippen LogP contribution in [-0.4, -0.2) is 39.4 Å². The Hall–Kier alpha value is -2.44. The third-order valence-electron chi connectivity index (χ3n) is 3.34. The number of carbonyl (C=O) groups excluding carboxylic acids is 1. The number of carboxylic acids is 1. The van der Waals surface area contributed by atoms with Crippen LogP contribution >= 0.6 is 0 Å². The topological polar surface area (TPSA) is 101 Å². The maximum absolute atomic E-state index is 12.5. The van der Waals surface area contributed by atoms with Crippen LogP contribution in [0, 0.1) is 17.0 Å². The van der Waals surface area contributed by atoms with Crippen LogP contribution in [0.1, 0.15) is 36.2 Å². The van der Waals surface area contributed by atoms with Crippen LogP contribution in [0.5, 0.6) is 0 Å². The lowest BCUT2D eigenvalue weighted by atomic mass is 10.1. The summed E-state index contributed by atoms with van der Waals surface area (Å²) in [4.78, 5) is 35.1. The third kappa shape index (κ3) is 3.77. The largest absolute Gasteiger partial charge is 0.480 e. The molecule has 0 aliphatic carbocycles. The Morgan fingerprint density at radius 2 is 2.05 bits per heavy atom. The van der Waals surface area contributed by atoms with Crippen molar-refractivity contribution >= 4 is 17.6 Å². The first-order valence-corrected chi connectivity index (χ1v) is 6.56. The SMILES string of the molecule is CCC(C)N(CC(=O)O)C(=O)c1cccc(C)c1[N+](=O)[O-]. The second-order valence-electron chi connectivity index (χ2n) is 4.81. The molecule has 0 heterocycles. The minimum atomic E-state index is -1.15. The molecule has 0 saturated carbocycles. The zero-order valence-electron chi connectivity index (χ0n) is 12.2. The second kappa shape index (κ2) is 6.83. The predicted octanol–water partition coefficient (Wildman–Crippen LogP) is 2.23. The van der Waals surface area contributed by atoms with E-state index in [1.807, 2.05) is 6.92 Å². The summed E-state index contributed by atoms with van der Waals surface area (Å²) in [5.74, 6) is -1.79. The molecule has 0 radical (unpaired) electrons. The molecule has 114 valence electrons. The number of rotatable bonds is 6. The number of carbonyl (C=O) groups is 2. The molecule has 1 unspecified atom stereocenters. The van der Waals surface area contributed by atoms with E-state index in [4.69, 9.17) is 5.11 Å². The maximum atomic E-state index is 12.5. The quantitative estimate of drug-likeness (QED) is 0.640. The summed E-state index contributed by atoms with van der Waals surface area (Å²) in [6, 6.07) is 4.11. The molecule has 1 atom stereocenters. The van der Waals surface area contributed by atoms with E-state index in [0.29, 0.717) is 12.0 Å². The zero-order chi connectivity index (χ0) is 16.2. The molecule has 0 aliphatic rings. The molecule has 0 aromatic heterocycles. The maximum Gasteiger partial charge on any atom is 0.323 e. The van der Waals surface area contributed by atoms with Gasteiger partial charge in [-0.25, -0.2) is 0 Å². The average Bonchev–Trinajstić information content (AvgIpc) is 2.42. The molecular weight excluding hydrogens is 276 g/mol. The number of hydrogen-bond donors (Lipinski definition) is 1. The Morgan fingerprint density at radius 3 is 2.52 bits per heavy atom. The van der Waals surface area contributed by atoms with Gasteiger partial charge in [0.05, 0.1) is 4.92 Å². The van der Waals surface area contributed by atoms with Gasteiger partial charge in [0.25, 0.3) is 11.6 Å². The number of nitro benzene ring substituents is 1. The molecule has 1 rings (SSSR count). The fourth-order valence-corrected chi connectivity index (χ4v) is 2.02. The highest BCUT2D eigenvalue weighted by atomic mass is 16.6. The zero-order valence-corrected chi connectivity index (χ0v) is 12.2. The van der Waals surface area contributed by atoms with Gasteiger partial charge in [0.2, 0.25) is 0 Å². The normalized spacial score (nSPS) is 11.8. The number of amides is 1. The van der Waals surface area contributed by atoms with Gasteiger partial charge in [0.15, 0.2) is 0 Å². The van der Waals surface area contributed by atoms with Crippen molar-refractivity contribution in [2.24, 2.45) is 0 Å². The van der Waals surface area contributed by atoms with Gasteiger partial charge in [0.1, 0.15) is 12.1 Å². The monoisotopic (exact) mass is 294 g/mol. The molecule has 1 amide bonds. The second-order valence-corrected chi connectivity index (χ2v) is 4.81. The summed E-state index contributed by atoms with van der Waals surface area (Å²) in [7, 11) is 0. The fraction of sp³-hybridized carbons (Fsp3) is 0.429. The fourth-order valence-electron chi connectivity index (χ4n) is 2.02. The minimum Gasteiger partial charge on any atom is -0.480 e. The molecule has 0 spiro atoms. The highest BCUT2D eigenvalue weighted by Gasteiger charge is 2.29. The molecule has 0 saturated heterocycles. The standard InChI is InChI=1S/C14H18N2O5/c1-4-10(3)15(8-12(17)18)14(19)11-7-5-6-9(2)13(11)16(20)21/h5-7,10H,4,8H2,1-3H3,(H,17,18). The van der Waals surface area contributed by atoms with Crippen molar-refractivity contribution in [1.29, 1.82) is 0 Å². The number of carboxylic acid groups (broad SMARTS) is 1. The lowest BCUT2D eigenvalue weighted by molar-refractivity contribution is -0.385. The van der Waals surface area contributed by atoms with Crippen molar-refractivity contribution in [1.82, 2.24) is 4.90 Å². The number of nitrogens with zero attached hydrogens (tertiary/aromatic N) is 2. The van der Waals surface area contributed by atoms with E-state index in [1.165, 1.54) is 6.07 Å². The summed E-state index contributed by atoms with van der Waals surface area (Å²) >= 11 is 0. The first-order valence-electron chi connectivity index (χ1n) is 6.56. The van der Waals surface area contributed by atoms with Crippen molar-refractivity contribution in [2.45, 2.75) is 33.2 Å². The Morgan fingerprint density at radius 1 is 1.43 bits per heavy atom. The molecule has 21 heavy (non-hydrogen) atoms. The van der Waals surface area contributed by atoms with Crippen LogP contribution in [0.15, 0.2) is 18.2 Å². The van der Waals surface area contributed by atoms with Crippen LogP contribution in [-0.2, 0) is 4.79 Å². The molecule has 0 aliphatic heterocycles. The Balaban J connectivity index is 3.30. The number of aryl methyl sites for hydroxylation is 1. The van der Waals surface area contributed by atoms with E-state index in [-0.39, 0.29) is 17.3 Å². The molecule has 1 aromatic rings. The smallest absolute Gasteiger partial charge is 0.323 e. The predicted molar refractivity (Wildman–Crippen MR) is 76.3 cm³/mol.